The summed E-state index contributed by atoms with van der Waals surface area (Å²) < 4.78 is 2.14. The average molecular weight is 383 g/mol. The summed E-state index contributed by atoms with van der Waals surface area (Å²) in [7, 11) is 2.08. The van der Waals surface area contributed by atoms with Gasteiger partial charge in [-0.1, -0.05) is 27.7 Å². The summed E-state index contributed by atoms with van der Waals surface area (Å²) in [6.45, 7) is 13.0. The molecular formula is C22H34N6. The zero-order valence-electron chi connectivity index (χ0n) is 18.3. The van der Waals surface area contributed by atoms with Crippen LogP contribution in [0.15, 0.2) is 12.4 Å². The van der Waals surface area contributed by atoms with E-state index in [2.05, 4.69) is 67.4 Å². The van der Waals surface area contributed by atoms with Gasteiger partial charge in [0.2, 0.25) is 0 Å². The first-order valence-corrected chi connectivity index (χ1v) is 10.3. The van der Waals surface area contributed by atoms with Crippen LogP contribution in [0.3, 0.4) is 0 Å². The Morgan fingerprint density at radius 1 is 1.00 bits per heavy atom. The first-order valence-electron chi connectivity index (χ1n) is 10.3. The van der Waals surface area contributed by atoms with E-state index in [4.69, 9.17) is 9.97 Å². The summed E-state index contributed by atoms with van der Waals surface area (Å²) in [6.07, 6.45) is 6.93. The van der Waals surface area contributed by atoms with E-state index in [-0.39, 0.29) is 0 Å². The highest BCUT2D eigenvalue weighted by molar-refractivity contribution is 5.18. The molecule has 0 saturated carbocycles. The molecule has 0 aliphatic carbocycles. The number of hydrogen-bond donors (Lipinski definition) is 2. The van der Waals surface area contributed by atoms with Crippen molar-refractivity contribution in [2.75, 3.05) is 0 Å². The Kier molecular flexibility index (Phi) is 6.06. The first-order chi connectivity index (χ1) is 13.2. The molecule has 0 aromatic carbocycles. The van der Waals surface area contributed by atoms with Crippen molar-refractivity contribution in [1.29, 1.82) is 0 Å². The van der Waals surface area contributed by atoms with E-state index in [1.807, 2.05) is 13.1 Å². The number of H-pyrrole nitrogens is 2. The van der Waals surface area contributed by atoms with E-state index >= 15 is 0 Å². The van der Waals surface area contributed by atoms with E-state index in [0.717, 1.165) is 48.1 Å². The molecule has 2 atom stereocenters. The lowest BCUT2D eigenvalue weighted by Gasteiger charge is -2.08. The molecule has 6 heteroatoms. The monoisotopic (exact) mass is 382 g/mol. The van der Waals surface area contributed by atoms with E-state index in [9.17, 15) is 0 Å². The molecule has 0 aliphatic heterocycles. The highest BCUT2D eigenvalue weighted by atomic mass is 15.1. The smallest absolute Gasteiger partial charge is 0.111 e. The minimum atomic E-state index is 0.313. The van der Waals surface area contributed by atoms with Gasteiger partial charge in [0.1, 0.15) is 17.5 Å². The molecule has 0 amide bonds. The topological polar surface area (TPSA) is 75.2 Å². The van der Waals surface area contributed by atoms with Crippen molar-refractivity contribution in [2.45, 2.75) is 78.6 Å². The van der Waals surface area contributed by atoms with Crippen molar-refractivity contribution in [1.82, 2.24) is 29.5 Å². The molecule has 6 nitrogen and oxygen atoms in total. The largest absolute Gasteiger partial charge is 0.346 e. The van der Waals surface area contributed by atoms with Gasteiger partial charge < -0.3 is 14.5 Å². The predicted octanol–water partition coefficient (Wildman–Crippen LogP) is 4.69. The van der Waals surface area contributed by atoms with Crippen molar-refractivity contribution in [2.24, 2.45) is 7.05 Å². The van der Waals surface area contributed by atoms with Crippen molar-refractivity contribution >= 4 is 0 Å². The lowest BCUT2D eigenvalue weighted by atomic mass is 10.0. The number of aromatic nitrogens is 6. The molecule has 2 N–H and O–H groups in total. The molecule has 0 fully saturated rings. The maximum Gasteiger partial charge on any atom is 0.111 e. The van der Waals surface area contributed by atoms with E-state index < -0.39 is 0 Å². The zero-order valence-corrected chi connectivity index (χ0v) is 18.3. The molecular weight excluding hydrogens is 348 g/mol. The third-order valence-electron chi connectivity index (χ3n) is 5.47. The molecule has 3 aromatic rings. The van der Waals surface area contributed by atoms with Gasteiger partial charge in [0, 0.05) is 55.0 Å². The Labute approximate surface area is 168 Å². The standard InChI is InChI=1S/C22H34N6/c1-13(2)22-26-18(12-28(22)7)10-15(4)21-25-17(6)19(27-21)9-8-14(3)20-23-11-16(5)24-20/h11-15H,8-10H2,1-7H3,(H,23,24)(H,25,27). The Hall–Kier alpha value is -2.37. The van der Waals surface area contributed by atoms with Crippen LogP contribution in [0, 0.1) is 13.8 Å². The molecule has 152 valence electrons. The Balaban J connectivity index is 1.63. The second kappa shape index (κ2) is 8.33. The summed E-state index contributed by atoms with van der Waals surface area (Å²) in [5.41, 5.74) is 4.59. The zero-order chi connectivity index (χ0) is 20.4. The Morgan fingerprint density at radius 3 is 2.36 bits per heavy atom. The predicted molar refractivity (Wildman–Crippen MR) is 113 cm³/mol. The molecule has 28 heavy (non-hydrogen) atoms. The number of aromatic amines is 2. The maximum atomic E-state index is 4.92. The molecule has 0 saturated heterocycles. The van der Waals surface area contributed by atoms with Gasteiger partial charge in [-0.25, -0.2) is 15.0 Å². The van der Waals surface area contributed by atoms with Gasteiger partial charge in [-0.2, -0.15) is 0 Å². The average Bonchev–Trinajstić information content (AvgIpc) is 3.32. The van der Waals surface area contributed by atoms with Gasteiger partial charge in [-0.15, -0.1) is 0 Å². The van der Waals surface area contributed by atoms with Crippen LogP contribution in [0.4, 0.5) is 0 Å². The highest BCUT2D eigenvalue weighted by Crippen LogP contribution is 2.23. The van der Waals surface area contributed by atoms with Gasteiger partial charge in [0.15, 0.2) is 0 Å². The van der Waals surface area contributed by atoms with Crippen LogP contribution in [0.25, 0.3) is 0 Å². The SMILES string of the molecule is Cc1cnc(C(C)CCc2nc(C(C)Cc3cn(C)c(C(C)C)n3)[nH]c2C)[nH]1. The molecule has 3 rings (SSSR count). The third kappa shape index (κ3) is 4.54. The summed E-state index contributed by atoms with van der Waals surface area (Å²) >= 11 is 0. The van der Waals surface area contributed by atoms with E-state index in [1.54, 1.807) is 0 Å². The van der Waals surface area contributed by atoms with Gasteiger partial charge in [-0.3, -0.25) is 0 Å². The molecule has 2 unspecified atom stereocenters. The van der Waals surface area contributed by atoms with Crippen LogP contribution in [0.2, 0.25) is 0 Å². The van der Waals surface area contributed by atoms with E-state index in [1.165, 1.54) is 11.4 Å². The van der Waals surface area contributed by atoms with Crippen LogP contribution >= 0.6 is 0 Å². The summed E-state index contributed by atoms with van der Waals surface area (Å²) in [5.74, 6) is 4.41. The van der Waals surface area contributed by atoms with Crippen LogP contribution < -0.4 is 0 Å². The summed E-state index contributed by atoms with van der Waals surface area (Å²) in [6, 6.07) is 0. The minimum Gasteiger partial charge on any atom is -0.346 e. The molecule has 0 radical (unpaired) electrons. The fourth-order valence-corrected chi connectivity index (χ4v) is 3.76. The van der Waals surface area contributed by atoms with Crippen LogP contribution in [0.5, 0.6) is 0 Å². The molecule has 0 bridgehead atoms. The second-order valence-electron chi connectivity index (χ2n) is 8.55. The van der Waals surface area contributed by atoms with Gasteiger partial charge >= 0.3 is 0 Å². The normalized spacial score (nSPS) is 14.0. The lowest BCUT2D eigenvalue weighted by Crippen LogP contribution is -2.02. The van der Waals surface area contributed by atoms with Gasteiger partial charge in [0.25, 0.3) is 0 Å². The number of hydrogen-bond acceptors (Lipinski definition) is 3. The van der Waals surface area contributed by atoms with Crippen molar-refractivity contribution in [3.63, 3.8) is 0 Å². The Morgan fingerprint density at radius 2 is 1.75 bits per heavy atom. The van der Waals surface area contributed by atoms with Crippen molar-refractivity contribution in [3.8, 4) is 0 Å². The molecule has 0 spiro atoms. The summed E-state index contributed by atoms with van der Waals surface area (Å²) in [4.78, 5) is 21.0. The van der Waals surface area contributed by atoms with Crippen molar-refractivity contribution in [3.05, 3.63) is 52.6 Å². The third-order valence-corrected chi connectivity index (χ3v) is 5.47. The lowest BCUT2D eigenvalue weighted by molar-refractivity contribution is 0.635. The van der Waals surface area contributed by atoms with Crippen LogP contribution in [-0.4, -0.2) is 29.5 Å². The van der Waals surface area contributed by atoms with Crippen LogP contribution in [-0.2, 0) is 19.9 Å². The summed E-state index contributed by atoms with van der Waals surface area (Å²) in [5, 5.41) is 0. The number of nitrogens with zero attached hydrogens (tertiary/aromatic N) is 4. The molecule has 0 aliphatic rings. The number of rotatable bonds is 8. The fraction of sp³-hybridized carbons (Fsp3) is 0.591. The highest BCUT2D eigenvalue weighted by Gasteiger charge is 2.18. The van der Waals surface area contributed by atoms with Gasteiger partial charge in [0.05, 0.1) is 11.4 Å². The first kappa shape index (κ1) is 20.4. The minimum absolute atomic E-state index is 0.313. The number of aryl methyl sites for hydroxylation is 4. The van der Waals surface area contributed by atoms with Gasteiger partial charge in [-0.05, 0) is 26.7 Å². The Bertz CT molecular complexity index is 914. The quantitative estimate of drug-likeness (QED) is 0.593. The fourth-order valence-electron chi connectivity index (χ4n) is 3.76. The number of imidazole rings is 3. The van der Waals surface area contributed by atoms with Crippen LogP contribution in [0.1, 0.15) is 92.1 Å². The molecule has 3 aromatic heterocycles. The van der Waals surface area contributed by atoms with Crippen molar-refractivity contribution < 1.29 is 0 Å². The second-order valence-corrected chi connectivity index (χ2v) is 8.55. The maximum absolute atomic E-state index is 4.92. The van der Waals surface area contributed by atoms with E-state index in [0.29, 0.717) is 17.8 Å². The number of nitrogens with one attached hydrogen (secondary N) is 2. The molecule has 3 heterocycles.